The fraction of sp³-hybridized carbons (Fsp3) is 0.462. The molecule has 0 aliphatic heterocycles. The highest BCUT2D eigenvalue weighted by atomic mass is 79.9. The smallest absolute Gasteiger partial charge is 0.243 e. The molecule has 0 spiro atoms. The van der Waals surface area contributed by atoms with Crippen LogP contribution in [0.1, 0.15) is 50.5 Å². The number of nitrogens with one attached hydrogen (secondary N) is 4. The van der Waals surface area contributed by atoms with Gasteiger partial charge in [-0.2, -0.15) is 0 Å². The van der Waals surface area contributed by atoms with Crippen molar-refractivity contribution in [2.45, 2.75) is 51.5 Å². The number of rotatable bonds is 17. The van der Waals surface area contributed by atoms with Crippen LogP contribution in [-0.4, -0.2) is 43.2 Å². The van der Waals surface area contributed by atoms with Crippen LogP contribution in [0, 0.1) is 0 Å². The molecule has 0 bridgehead atoms. The minimum absolute atomic E-state index is 0. The van der Waals surface area contributed by atoms with Gasteiger partial charge in [-0.1, -0.05) is 54.6 Å². The van der Waals surface area contributed by atoms with E-state index in [1.807, 2.05) is 6.07 Å². The number of carbonyl (C=O) groups excluding carboxylic acids is 2. The summed E-state index contributed by atoms with van der Waals surface area (Å²) in [5.74, 6) is -0.398. The Morgan fingerprint density at radius 1 is 0.657 bits per heavy atom. The maximum Gasteiger partial charge on any atom is 0.243 e. The van der Waals surface area contributed by atoms with Gasteiger partial charge in [0.05, 0.1) is 0 Å². The van der Waals surface area contributed by atoms with Crippen LogP contribution in [0.15, 0.2) is 54.6 Å². The fourth-order valence-corrected chi connectivity index (χ4v) is 3.58. The van der Waals surface area contributed by atoms with Crippen molar-refractivity contribution < 1.29 is 14.8 Å². The van der Waals surface area contributed by atoms with Crippen molar-refractivity contribution in [1.82, 2.24) is 21.4 Å². The topological polar surface area (TPSA) is 102 Å². The minimum atomic E-state index is -0.411. The number of unbranched alkanes of at least 4 members (excludes halogenated alkanes) is 2. The molecule has 0 aliphatic rings. The highest BCUT2D eigenvalue weighted by Crippen LogP contribution is 2.23. The molecule has 0 heterocycles. The Bertz CT molecular complexity index is 825. The highest BCUT2D eigenvalue weighted by Gasteiger charge is 2.04. The molecule has 0 saturated heterocycles. The van der Waals surface area contributed by atoms with Gasteiger partial charge < -0.3 is 16.0 Å². The van der Waals surface area contributed by atoms with Crippen LogP contribution in [-0.2, 0) is 16.1 Å². The minimum Gasteiger partial charge on any atom is -0.356 e. The van der Waals surface area contributed by atoms with E-state index in [-0.39, 0.29) is 46.3 Å². The predicted molar refractivity (Wildman–Crippen MR) is 152 cm³/mol. The van der Waals surface area contributed by atoms with Crippen molar-refractivity contribution in [3.8, 4) is 11.1 Å². The Balaban J connectivity index is 0.00000578. The first-order valence-electron chi connectivity index (χ1n) is 11.9. The molecule has 0 unspecified atom stereocenters. The monoisotopic (exact) mass is 614 g/mol. The van der Waals surface area contributed by atoms with Crippen molar-refractivity contribution in [3.63, 3.8) is 0 Å². The van der Waals surface area contributed by atoms with Crippen LogP contribution in [0.2, 0.25) is 0 Å². The van der Waals surface area contributed by atoms with E-state index in [0.29, 0.717) is 25.8 Å². The van der Waals surface area contributed by atoms with Crippen molar-refractivity contribution in [2.24, 2.45) is 0 Å². The average Bonchev–Trinajstić information content (AvgIpc) is 2.85. The van der Waals surface area contributed by atoms with Crippen molar-refractivity contribution >= 4 is 45.8 Å². The lowest BCUT2D eigenvalue weighted by Gasteiger charge is -2.11. The van der Waals surface area contributed by atoms with E-state index in [9.17, 15) is 9.59 Å². The third-order valence-corrected chi connectivity index (χ3v) is 5.41. The van der Waals surface area contributed by atoms with Gasteiger partial charge in [-0.15, -0.1) is 34.0 Å². The second kappa shape index (κ2) is 21.5. The molecule has 0 radical (unpaired) electrons. The molecule has 2 amide bonds. The quantitative estimate of drug-likeness (QED) is 0.102. The van der Waals surface area contributed by atoms with E-state index in [2.05, 4.69) is 64.5 Å². The molecule has 2 aromatic carbocycles. The summed E-state index contributed by atoms with van der Waals surface area (Å²) >= 11 is 0. The van der Waals surface area contributed by atoms with E-state index in [1.54, 1.807) is 5.48 Å². The van der Waals surface area contributed by atoms with Crippen LogP contribution >= 0.6 is 34.0 Å². The van der Waals surface area contributed by atoms with Gasteiger partial charge in [-0.3, -0.25) is 14.8 Å². The van der Waals surface area contributed by atoms with E-state index in [4.69, 9.17) is 5.21 Å². The maximum absolute atomic E-state index is 11.7. The second-order valence-electron chi connectivity index (χ2n) is 8.10. The number of hydrogen-bond donors (Lipinski definition) is 5. The van der Waals surface area contributed by atoms with Gasteiger partial charge in [0.2, 0.25) is 11.8 Å². The summed E-state index contributed by atoms with van der Waals surface area (Å²) in [5.41, 5.74) is 5.45. The van der Waals surface area contributed by atoms with Crippen LogP contribution in [0.4, 0.5) is 0 Å². The van der Waals surface area contributed by atoms with Gasteiger partial charge in [0.1, 0.15) is 0 Å². The van der Waals surface area contributed by atoms with Crippen LogP contribution in [0.3, 0.4) is 0 Å². The maximum atomic E-state index is 11.7. The van der Waals surface area contributed by atoms with E-state index < -0.39 is 5.91 Å². The predicted octanol–water partition coefficient (Wildman–Crippen LogP) is 4.54. The Labute approximate surface area is 230 Å². The number of halogens is 2. The first-order valence-corrected chi connectivity index (χ1v) is 11.9. The molecule has 0 aliphatic carbocycles. The van der Waals surface area contributed by atoms with E-state index >= 15 is 0 Å². The van der Waals surface area contributed by atoms with Crippen molar-refractivity contribution in [3.05, 3.63) is 60.2 Å². The molecule has 0 saturated carbocycles. The molecule has 196 valence electrons. The lowest BCUT2D eigenvalue weighted by molar-refractivity contribution is -0.129. The second-order valence-corrected chi connectivity index (χ2v) is 8.10. The first kappa shape index (κ1) is 33.2. The zero-order valence-electron chi connectivity index (χ0n) is 20.3. The fourth-order valence-electron chi connectivity index (χ4n) is 3.58. The molecule has 7 nitrogen and oxygen atoms in total. The van der Waals surface area contributed by atoms with E-state index in [1.165, 1.54) is 16.7 Å². The Kier molecular flexibility index (Phi) is 20.4. The summed E-state index contributed by atoms with van der Waals surface area (Å²) < 4.78 is 0. The number of carbonyl (C=O) groups is 2. The third-order valence-electron chi connectivity index (χ3n) is 5.41. The molecular formula is C26H40Br2N4O3. The molecule has 2 aromatic rings. The molecule has 0 aromatic heterocycles. The molecular weight excluding hydrogens is 576 g/mol. The van der Waals surface area contributed by atoms with Gasteiger partial charge >= 0.3 is 0 Å². The van der Waals surface area contributed by atoms with Crippen molar-refractivity contribution in [1.29, 1.82) is 0 Å². The molecule has 0 fully saturated rings. The molecule has 5 N–H and O–H groups in total. The number of benzene rings is 2. The molecule has 2 rings (SSSR count). The zero-order valence-corrected chi connectivity index (χ0v) is 23.7. The van der Waals surface area contributed by atoms with Crippen LogP contribution in [0.25, 0.3) is 11.1 Å². The Morgan fingerprint density at radius 2 is 1.26 bits per heavy atom. The van der Waals surface area contributed by atoms with Gasteiger partial charge in [0, 0.05) is 25.9 Å². The molecule has 0 atom stereocenters. The molecule has 35 heavy (non-hydrogen) atoms. The first-order chi connectivity index (χ1) is 16.2. The number of hydrogen-bond acceptors (Lipinski definition) is 5. The number of hydroxylamine groups is 1. The summed E-state index contributed by atoms with van der Waals surface area (Å²) in [6.07, 6.45) is 5.01. The van der Waals surface area contributed by atoms with E-state index in [0.717, 1.165) is 45.4 Å². The Hall–Kier alpha value is -1.78. The van der Waals surface area contributed by atoms with Crippen LogP contribution < -0.4 is 21.4 Å². The summed E-state index contributed by atoms with van der Waals surface area (Å²) in [5, 5.41) is 18.3. The standard InChI is InChI=1S/C26H38N4O3.2BrH/c31-25(15-6-7-16-26(32)30-33)29-20-10-19-27-17-8-9-18-28-21-23-13-4-5-14-24(23)22-11-2-1-3-12-22;;/h1-5,11-14,27-28,33H,6-10,15-21H2,(H,29,31)(H,30,32);2*1H. The third kappa shape index (κ3) is 15.0. The summed E-state index contributed by atoms with van der Waals surface area (Å²) in [4.78, 5) is 22.6. The number of amides is 2. The van der Waals surface area contributed by atoms with Gasteiger partial charge in [-0.25, -0.2) is 5.48 Å². The lowest BCUT2D eigenvalue weighted by Crippen LogP contribution is -2.27. The average molecular weight is 616 g/mol. The zero-order chi connectivity index (χ0) is 23.6. The van der Waals surface area contributed by atoms with Gasteiger partial charge in [-0.05, 0) is 68.4 Å². The van der Waals surface area contributed by atoms with Crippen LogP contribution in [0.5, 0.6) is 0 Å². The lowest BCUT2D eigenvalue weighted by atomic mass is 10.00. The van der Waals surface area contributed by atoms with Crippen molar-refractivity contribution in [2.75, 3.05) is 26.2 Å². The summed E-state index contributed by atoms with van der Waals surface area (Å²) in [7, 11) is 0. The highest BCUT2D eigenvalue weighted by molar-refractivity contribution is 8.93. The molecule has 9 heteroatoms. The largest absolute Gasteiger partial charge is 0.356 e. The van der Waals surface area contributed by atoms with Gasteiger partial charge in [0.25, 0.3) is 0 Å². The summed E-state index contributed by atoms with van der Waals surface area (Å²) in [6.45, 7) is 4.37. The van der Waals surface area contributed by atoms with Gasteiger partial charge in [0.15, 0.2) is 0 Å². The summed E-state index contributed by atoms with van der Waals surface area (Å²) in [6, 6.07) is 19.0. The SMILES string of the molecule is Br.Br.O=C(CCCCC(=O)NCCCNCCCCNCc1ccccc1-c1ccccc1)NO. The Morgan fingerprint density at radius 3 is 1.97 bits per heavy atom. The normalized spacial score (nSPS) is 10.1.